The first-order chi connectivity index (χ1) is 8.35. The number of hydrogen-bond donors (Lipinski definition) is 2. The van der Waals surface area contributed by atoms with Gasteiger partial charge in [0.25, 0.3) is 0 Å². The van der Waals surface area contributed by atoms with Gasteiger partial charge in [0.05, 0.1) is 7.11 Å². The molecule has 0 aliphatic heterocycles. The van der Waals surface area contributed by atoms with Gasteiger partial charge in [-0.25, -0.2) is 15.0 Å². The normalized spacial score (nSPS) is 10.2. The number of nitrogens with one attached hydrogen (secondary N) is 2. The van der Waals surface area contributed by atoms with Crippen LogP contribution in [0.15, 0.2) is 28.9 Å². The molecule has 0 aliphatic carbocycles. The fourth-order valence-corrected chi connectivity index (χ4v) is 2.10. The molecule has 0 radical (unpaired) electrons. The monoisotopic (exact) mass is 251 g/mol. The molecule has 2 aromatic heterocycles. The lowest BCUT2D eigenvalue weighted by molar-refractivity contribution is 0.400. The van der Waals surface area contributed by atoms with Crippen LogP contribution < -0.4 is 10.1 Å². The molecule has 2 rings (SSSR count). The van der Waals surface area contributed by atoms with Crippen molar-refractivity contribution in [1.29, 1.82) is 0 Å². The highest BCUT2D eigenvalue weighted by molar-refractivity contribution is 7.99. The van der Waals surface area contributed by atoms with Gasteiger partial charge >= 0.3 is 0 Å². The van der Waals surface area contributed by atoms with E-state index in [0.29, 0.717) is 11.6 Å². The quantitative estimate of drug-likeness (QED) is 0.789. The molecule has 90 valence electrons. The fourth-order valence-electron chi connectivity index (χ4n) is 1.31. The van der Waals surface area contributed by atoms with E-state index < -0.39 is 0 Å². The highest BCUT2D eigenvalue weighted by Crippen LogP contribution is 2.34. The average molecular weight is 251 g/mol. The lowest BCUT2D eigenvalue weighted by Crippen LogP contribution is -2.03. The number of ether oxygens (including phenoxy) is 1. The number of aromatic nitrogens is 4. The van der Waals surface area contributed by atoms with Crippen molar-refractivity contribution >= 4 is 17.6 Å². The van der Waals surface area contributed by atoms with Crippen molar-refractivity contribution in [3.05, 3.63) is 18.7 Å². The van der Waals surface area contributed by atoms with E-state index in [0.717, 1.165) is 16.7 Å². The Hall–Kier alpha value is -1.76. The highest BCUT2D eigenvalue weighted by Gasteiger charge is 2.13. The van der Waals surface area contributed by atoms with Crippen molar-refractivity contribution in [2.75, 3.05) is 19.0 Å². The maximum absolute atomic E-state index is 5.33. The largest absolute Gasteiger partial charge is 0.490 e. The van der Waals surface area contributed by atoms with Gasteiger partial charge in [-0.05, 0) is 18.7 Å². The first-order valence-corrected chi connectivity index (χ1v) is 5.97. The number of hydrogen-bond acceptors (Lipinski definition) is 6. The smallest absolute Gasteiger partial charge is 0.194 e. The van der Waals surface area contributed by atoms with E-state index in [4.69, 9.17) is 4.74 Å². The molecule has 0 aliphatic rings. The van der Waals surface area contributed by atoms with Gasteiger partial charge in [0.1, 0.15) is 6.33 Å². The highest BCUT2D eigenvalue weighted by atomic mass is 32.2. The van der Waals surface area contributed by atoms with Crippen molar-refractivity contribution in [2.45, 2.75) is 17.1 Å². The van der Waals surface area contributed by atoms with Crippen LogP contribution in [0.5, 0.6) is 5.75 Å². The van der Waals surface area contributed by atoms with Gasteiger partial charge in [-0.15, -0.1) is 0 Å². The lowest BCUT2D eigenvalue weighted by atomic mass is 10.5. The Morgan fingerprint density at radius 2 is 2.29 bits per heavy atom. The minimum absolute atomic E-state index is 0.635. The summed E-state index contributed by atoms with van der Waals surface area (Å²) >= 11 is 1.40. The molecular formula is C10H13N5OS. The zero-order chi connectivity index (χ0) is 12.1. The Labute approximate surface area is 103 Å². The number of aromatic amines is 1. The van der Waals surface area contributed by atoms with Gasteiger partial charge in [0, 0.05) is 18.9 Å². The van der Waals surface area contributed by atoms with Crippen LogP contribution in [0.2, 0.25) is 0 Å². The van der Waals surface area contributed by atoms with Crippen LogP contribution in [0.25, 0.3) is 0 Å². The minimum Gasteiger partial charge on any atom is -0.490 e. The van der Waals surface area contributed by atoms with E-state index in [9.17, 15) is 0 Å². The zero-order valence-electron chi connectivity index (χ0n) is 9.60. The molecule has 6 nitrogen and oxygen atoms in total. The topological polar surface area (TPSA) is 75.7 Å². The molecule has 2 N–H and O–H groups in total. The third-order valence-corrected chi connectivity index (χ3v) is 2.89. The zero-order valence-corrected chi connectivity index (χ0v) is 10.4. The van der Waals surface area contributed by atoms with Gasteiger partial charge < -0.3 is 15.0 Å². The van der Waals surface area contributed by atoms with E-state index in [1.54, 1.807) is 19.5 Å². The van der Waals surface area contributed by atoms with Crippen molar-refractivity contribution in [2.24, 2.45) is 0 Å². The molecule has 2 heterocycles. The summed E-state index contributed by atoms with van der Waals surface area (Å²) in [4.78, 5) is 15.5. The predicted octanol–water partition coefficient (Wildman–Crippen LogP) is 1.79. The summed E-state index contributed by atoms with van der Waals surface area (Å²) in [5.74, 6) is 1.33. The van der Waals surface area contributed by atoms with Crippen molar-refractivity contribution in [1.82, 2.24) is 19.9 Å². The van der Waals surface area contributed by atoms with Gasteiger partial charge in [-0.1, -0.05) is 0 Å². The third-order valence-electron chi connectivity index (χ3n) is 1.99. The van der Waals surface area contributed by atoms with Gasteiger partial charge in [0.2, 0.25) is 0 Å². The third kappa shape index (κ3) is 2.68. The van der Waals surface area contributed by atoms with Crippen molar-refractivity contribution in [3.8, 4) is 5.75 Å². The van der Waals surface area contributed by atoms with Crippen molar-refractivity contribution < 1.29 is 4.74 Å². The summed E-state index contributed by atoms with van der Waals surface area (Å²) < 4.78 is 5.33. The Balaban J connectivity index is 2.29. The average Bonchev–Trinajstić information content (AvgIpc) is 2.83. The lowest BCUT2D eigenvalue weighted by Gasteiger charge is -2.10. The second kappa shape index (κ2) is 5.53. The molecule has 0 amide bonds. The molecule has 0 saturated heterocycles. The summed E-state index contributed by atoms with van der Waals surface area (Å²) in [6.45, 7) is 2.78. The minimum atomic E-state index is 0.635. The van der Waals surface area contributed by atoms with Crippen LogP contribution in [-0.4, -0.2) is 33.6 Å². The van der Waals surface area contributed by atoms with Crippen LogP contribution in [0.4, 0.5) is 5.82 Å². The Kier molecular flexibility index (Phi) is 3.81. The number of anilines is 1. The van der Waals surface area contributed by atoms with E-state index in [1.807, 2.05) is 6.92 Å². The molecular weight excluding hydrogens is 238 g/mol. The maximum atomic E-state index is 5.33. The molecule has 0 aromatic carbocycles. The molecule has 0 saturated carbocycles. The van der Waals surface area contributed by atoms with E-state index >= 15 is 0 Å². The molecule has 0 bridgehead atoms. The van der Waals surface area contributed by atoms with Crippen LogP contribution in [0.3, 0.4) is 0 Å². The van der Waals surface area contributed by atoms with E-state index in [1.165, 1.54) is 18.1 Å². The molecule has 0 fully saturated rings. The number of nitrogens with zero attached hydrogens (tertiary/aromatic N) is 3. The predicted molar refractivity (Wildman–Crippen MR) is 65.5 cm³/mol. The second-order valence-corrected chi connectivity index (χ2v) is 4.06. The van der Waals surface area contributed by atoms with Crippen LogP contribution in [0.1, 0.15) is 6.92 Å². The molecule has 7 heteroatoms. The SMILES string of the molecule is CCNc1ncnc(Sc2ncc[nH]2)c1OC. The first-order valence-electron chi connectivity index (χ1n) is 5.15. The molecule has 0 spiro atoms. The number of H-pyrrole nitrogens is 1. The summed E-state index contributed by atoms with van der Waals surface area (Å²) in [6.07, 6.45) is 4.97. The Bertz CT molecular complexity index is 474. The van der Waals surface area contributed by atoms with Crippen molar-refractivity contribution in [3.63, 3.8) is 0 Å². The number of rotatable bonds is 5. The fraction of sp³-hybridized carbons (Fsp3) is 0.300. The van der Waals surface area contributed by atoms with Crippen LogP contribution in [-0.2, 0) is 0 Å². The Morgan fingerprint density at radius 1 is 1.41 bits per heavy atom. The summed E-state index contributed by atoms with van der Waals surface area (Å²) in [6, 6.07) is 0. The second-order valence-electron chi connectivity index (χ2n) is 3.09. The van der Waals surface area contributed by atoms with Crippen LogP contribution in [0, 0.1) is 0 Å². The number of methoxy groups -OCH3 is 1. The van der Waals surface area contributed by atoms with Gasteiger partial charge in [0.15, 0.2) is 21.7 Å². The van der Waals surface area contributed by atoms with E-state index in [-0.39, 0.29) is 0 Å². The summed E-state index contributed by atoms with van der Waals surface area (Å²) in [5.41, 5.74) is 0. The molecule has 0 atom stereocenters. The Morgan fingerprint density at radius 3 is 2.94 bits per heavy atom. The maximum Gasteiger partial charge on any atom is 0.194 e. The van der Waals surface area contributed by atoms with E-state index in [2.05, 4.69) is 25.3 Å². The summed E-state index contributed by atoms with van der Waals surface area (Å²) in [5, 5.41) is 4.63. The van der Waals surface area contributed by atoms with Gasteiger partial charge in [-0.3, -0.25) is 0 Å². The summed E-state index contributed by atoms with van der Waals surface area (Å²) in [7, 11) is 1.60. The number of imidazole rings is 1. The molecule has 0 unspecified atom stereocenters. The standard InChI is InChI=1S/C10H13N5OS/c1-3-11-8-7(16-2)9(15-6-14-8)17-10-12-4-5-13-10/h4-6H,3H2,1-2H3,(H,12,13)(H,11,14,15). The molecule has 17 heavy (non-hydrogen) atoms. The van der Waals surface area contributed by atoms with Crippen LogP contribution >= 0.6 is 11.8 Å². The van der Waals surface area contributed by atoms with Gasteiger partial charge in [-0.2, -0.15) is 0 Å². The first kappa shape index (κ1) is 11.7. The molecule has 2 aromatic rings.